The summed E-state index contributed by atoms with van der Waals surface area (Å²) in [4.78, 5) is 26.3. The van der Waals surface area contributed by atoms with Crippen LogP contribution in [0.5, 0.6) is 0 Å². The third-order valence-corrected chi connectivity index (χ3v) is 3.24. The lowest BCUT2D eigenvalue weighted by Crippen LogP contribution is -2.21. The molecule has 0 N–H and O–H groups in total. The molecule has 0 amide bonds. The summed E-state index contributed by atoms with van der Waals surface area (Å²) in [7, 11) is 0. The summed E-state index contributed by atoms with van der Waals surface area (Å²) in [6, 6.07) is 0. The second-order valence-corrected chi connectivity index (χ2v) is 4.12. The predicted octanol–water partition coefficient (Wildman–Crippen LogP) is 2.87. The molecule has 0 heterocycles. The molecule has 0 saturated heterocycles. The summed E-state index contributed by atoms with van der Waals surface area (Å²) in [5.41, 5.74) is -0.365. The summed E-state index contributed by atoms with van der Waals surface area (Å²) >= 11 is 22.6. The van der Waals surface area contributed by atoms with E-state index in [0.29, 0.717) is 0 Å². The first-order valence-electron chi connectivity index (χ1n) is 3.77. The van der Waals surface area contributed by atoms with E-state index in [1.165, 1.54) is 0 Å². The Morgan fingerprint density at radius 2 is 1.56 bits per heavy atom. The first-order valence-corrected chi connectivity index (χ1v) is 5.29. The lowest BCUT2D eigenvalue weighted by Gasteiger charge is -2.12. The Hall–Kier alpha value is -0.550. The average Bonchev–Trinajstić information content (AvgIpc) is 2.23. The van der Waals surface area contributed by atoms with Gasteiger partial charge in [0.05, 0.1) is 15.1 Å². The van der Waals surface area contributed by atoms with Crippen LogP contribution in [-0.4, -0.2) is 17.5 Å². The van der Waals surface area contributed by atoms with Crippen molar-refractivity contribution < 1.29 is 14.4 Å². The highest BCUT2D eigenvalue weighted by Gasteiger charge is 2.31. The van der Waals surface area contributed by atoms with Gasteiger partial charge in [0.1, 0.15) is 5.03 Å². The molecule has 1 rings (SSSR count). The van der Waals surface area contributed by atoms with Crippen molar-refractivity contribution in [3.8, 4) is 0 Å². The number of oxime groups is 1. The van der Waals surface area contributed by atoms with Crippen LogP contribution < -0.4 is 0 Å². The Morgan fingerprint density at radius 3 is 2.06 bits per heavy atom. The van der Waals surface area contributed by atoms with Gasteiger partial charge in [-0.05, 0) is 0 Å². The minimum absolute atomic E-state index is 0.126. The molecule has 8 heteroatoms. The number of hydrogen-bond donors (Lipinski definition) is 0. The van der Waals surface area contributed by atoms with Crippen molar-refractivity contribution in [1.29, 1.82) is 0 Å². The molecule has 0 unspecified atom stereocenters. The number of nitrogens with zero attached hydrogens (tertiary/aromatic N) is 1. The van der Waals surface area contributed by atoms with Crippen LogP contribution >= 0.6 is 46.4 Å². The standard InChI is InChI=1S/C8H3Cl4NO3/c1-2(14)16-13-7-5(11)3(9)4(10)6(12)8(7)15/h1H3. The Bertz CT molecular complexity index is 464. The van der Waals surface area contributed by atoms with Gasteiger partial charge in [-0.2, -0.15) is 0 Å². The van der Waals surface area contributed by atoms with Crippen LogP contribution in [0, 0.1) is 0 Å². The van der Waals surface area contributed by atoms with Crippen LogP contribution in [-0.2, 0) is 14.4 Å². The highest BCUT2D eigenvalue weighted by atomic mass is 35.5. The van der Waals surface area contributed by atoms with E-state index >= 15 is 0 Å². The van der Waals surface area contributed by atoms with Gasteiger partial charge in [-0.15, -0.1) is 0 Å². The molecular weight excluding hydrogens is 300 g/mol. The molecule has 16 heavy (non-hydrogen) atoms. The minimum atomic E-state index is -0.762. The second-order valence-electron chi connectivity index (χ2n) is 2.61. The quantitative estimate of drug-likeness (QED) is 0.425. The van der Waals surface area contributed by atoms with Gasteiger partial charge in [0.15, 0.2) is 5.71 Å². The number of Topliss-reactive ketones (excluding diaryl/α,β-unsaturated/α-hetero) is 1. The molecule has 0 atom stereocenters. The zero-order chi connectivity index (χ0) is 12.5. The maximum atomic E-state index is 11.5. The van der Waals surface area contributed by atoms with E-state index in [0.717, 1.165) is 6.92 Å². The third kappa shape index (κ3) is 2.58. The maximum absolute atomic E-state index is 11.5. The molecule has 1 aliphatic rings. The number of rotatable bonds is 1. The largest absolute Gasteiger partial charge is 0.332 e. The number of halogens is 4. The molecule has 0 bridgehead atoms. The van der Waals surface area contributed by atoms with Crippen molar-refractivity contribution in [3.63, 3.8) is 0 Å². The fourth-order valence-corrected chi connectivity index (χ4v) is 1.65. The molecular formula is C8H3Cl4NO3. The molecule has 0 fully saturated rings. The van der Waals surface area contributed by atoms with E-state index in [1.54, 1.807) is 0 Å². The molecule has 1 aliphatic carbocycles. The van der Waals surface area contributed by atoms with E-state index < -0.39 is 11.8 Å². The van der Waals surface area contributed by atoms with Gasteiger partial charge in [0.2, 0.25) is 5.78 Å². The fraction of sp³-hybridized carbons (Fsp3) is 0.125. The van der Waals surface area contributed by atoms with Crippen LogP contribution in [0.25, 0.3) is 0 Å². The lowest BCUT2D eigenvalue weighted by atomic mass is 10.1. The Kier molecular flexibility index (Phi) is 4.38. The highest BCUT2D eigenvalue weighted by molar-refractivity contribution is 6.74. The summed E-state index contributed by atoms with van der Waals surface area (Å²) in [5, 5.41) is 2.40. The van der Waals surface area contributed by atoms with Crippen LogP contribution in [0.1, 0.15) is 6.92 Å². The second kappa shape index (κ2) is 5.19. The van der Waals surface area contributed by atoms with E-state index in [2.05, 4.69) is 9.99 Å². The Labute approximate surface area is 110 Å². The minimum Gasteiger partial charge on any atom is -0.318 e. The van der Waals surface area contributed by atoms with Gasteiger partial charge in [-0.25, -0.2) is 4.79 Å². The third-order valence-electron chi connectivity index (χ3n) is 1.47. The van der Waals surface area contributed by atoms with Gasteiger partial charge < -0.3 is 4.84 Å². The van der Waals surface area contributed by atoms with Crippen molar-refractivity contribution >= 4 is 63.9 Å². The Morgan fingerprint density at radius 1 is 1.06 bits per heavy atom. The summed E-state index contributed by atoms with van der Waals surface area (Å²) < 4.78 is 0. The average molecular weight is 303 g/mol. The highest BCUT2D eigenvalue weighted by Crippen LogP contribution is 2.35. The molecule has 4 nitrogen and oxygen atoms in total. The molecule has 0 spiro atoms. The maximum Gasteiger partial charge on any atom is 0.332 e. The molecule has 0 aliphatic heterocycles. The smallest absolute Gasteiger partial charge is 0.318 e. The zero-order valence-corrected chi connectivity index (χ0v) is 10.7. The zero-order valence-electron chi connectivity index (χ0n) is 7.68. The fourth-order valence-electron chi connectivity index (χ4n) is 0.791. The van der Waals surface area contributed by atoms with Crippen molar-refractivity contribution in [2.75, 3.05) is 0 Å². The molecule has 0 aromatic rings. The van der Waals surface area contributed by atoms with Gasteiger partial charge in [0.25, 0.3) is 0 Å². The molecule has 0 aromatic carbocycles. The van der Waals surface area contributed by atoms with Gasteiger partial charge in [-0.1, -0.05) is 51.6 Å². The lowest BCUT2D eigenvalue weighted by molar-refractivity contribution is -0.140. The monoisotopic (exact) mass is 301 g/mol. The summed E-state index contributed by atoms with van der Waals surface area (Å²) in [6.45, 7) is 1.11. The van der Waals surface area contributed by atoms with Crippen molar-refractivity contribution in [1.82, 2.24) is 0 Å². The predicted molar refractivity (Wildman–Crippen MR) is 61.7 cm³/mol. The van der Waals surface area contributed by atoms with Crippen LogP contribution in [0.3, 0.4) is 0 Å². The van der Waals surface area contributed by atoms with Gasteiger partial charge in [0, 0.05) is 6.92 Å². The topological polar surface area (TPSA) is 55.7 Å². The number of allylic oxidation sites excluding steroid dienone is 4. The molecule has 0 aromatic heterocycles. The first kappa shape index (κ1) is 13.5. The van der Waals surface area contributed by atoms with Gasteiger partial charge >= 0.3 is 5.97 Å². The van der Waals surface area contributed by atoms with E-state index in [9.17, 15) is 9.59 Å². The number of ketones is 1. The van der Waals surface area contributed by atoms with Gasteiger partial charge in [-0.3, -0.25) is 4.79 Å². The molecule has 0 saturated carbocycles. The van der Waals surface area contributed by atoms with E-state index in [4.69, 9.17) is 46.4 Å². The first-order chi connectivity index (χ1) is 7.36. The van der Waals surface area contributed by atoms with Crippen molar-refractivity contribution in [2.45, 2.75) is 6.92 Å². The number of carbonyl (C=O) groups excluding carboxylic acids is 2. The van der Waals surface area contributed by atoms with Crippen LogP contribution in [0.15, 0.2) is 25.3 Å². The summed E-state index contributed by atoms with van der Waals surface area (Å²) in [6.07, 6.45) is 0. The molecule has 86 valence electrons. The number of hydrogen-bond acceptors (Lipinski definition) is 4. The van der Waals surface area contributed by atoms with Crippen molar-refractivity contribution in [2.24, 2.45) is 5.16 Å². The number of carbonyl (C=O) groups is 2. The van der Waals surface area contributed by atoms with E-state index in [1.807, 2.05) is 0 Å². The van der Waals surface area contributed by atoms with Crippen LogP contribution in [0.2, 0.25) is 0 Å². The Balaban J connectivity index is 3.21. The van der Waals surface area contributed by atoms with E-state index in [-0.39, 0.29) is 25.8 Å². The molecule has 0 radical (unpaired) electrons. The summed E-state index contributed by atoms with van der Waals surface area (Å²) in [5.74, 6) is -1.47. The SMILES string of the molecule is CC(=O)ON=C1C(=O)C(Cl)=C(Cl)C(Cl)=C1Cl. The van der Waals surface area contributed by atoms with Crippen LogP contribution in [0.4, 0.5) is 0 Å². The van der Waals surface area contributed by atoms with Crippen molar-refractivity contribution in [3.05, 3.63) is 20.1 Å². The normalized spacial score (nSPS) is 19.6.